The third kappa shape index (κ3) is 7.74. The van der Waals surface area contributed by atoms with Gasteiger partial charge in [-0.15, -0.1) is 0 Å². The summed E-state index contributed by atoms with van der Waals surface area (Å²) in [6.07, 6.45) is -3.01. The van der Waals surface area contributed by atoms with Gasteiger partial charge in [0.1, 0.15) is 40.9 Å². The monoisotopic (exact) mass is 691 g/mol. The van der Waals surface area contributed by atoms with E-state index in [-0.39, 0.29) is 30.6 Å². The number of methoxy groups -OCH3 is 2. The molecular formula is C38H39F2NO7S. The molecule has 49 heavy (non-hydrogen) atoms. The van der Waals surface area contributed by atoms with Crippen LogP contribution in [-0.4, -0.2) is 44.9 Å². The van der Waals surface area contributed by atoms with Crippen LogP contribution in [0.2, 0.25) is 0 Å². The van der Waals surface area contributed by atoms with Crippen LogP contribution in [0, 0.1) is 24.5 Å². The van der Waals surface area contributed by atoms with E-state index in [2.05, 4.69) is 17.5 Å². The van der Waals surface area contributed by atoms with E-state index in [1.54, 1.807) is 28.1 Å². The van der Waals surface area contributed by atoms with Gasteiger partial charge in [-0.05, 0) is 59.5 Å². The van der Waals surface area contributed by atoms with Crippen molar-refractivity contribution in [1.82, 2.24) is 4.72 Å². The molecule has 1 fully saturated rings. The highest BCUT2D eigenvalue weighted by atomic mass is 32.1. The lowest BCUT2D eigenvalue weighted by Crippen LogP contribution is -2.40. The van der Waals surface area contributed by atoms with Crippen LogP contribution in [0.4, 0.5) is 8.78 Å². The third-order valence-corrected chi connectivity index (χ3v) is 9.10. The Kier molecular flexibility index (Phi) is 11.6. The third-order valence-electron chi connectivity index (χ3n) is 8.85. The Bertz CT molecular complexity index is 1690. The van der Waals surface area contributed by atoms with Crippen molar-refractivity contribution in [3.63, 3.8) is 0 Å². The van der Waals surface area contributed by atoms with Gasteiger partial charge in [0.2, 0.25) is 5.91 Å². The van der Waals surface area contributed by atoms with E-state index in [4.69, 9.17) is 23.7 Å². The Balaban J connectivity index is 1.57. The number of hydrogen-bond acceptors (Lipinski definition) is 8. The summed E-state index contributed by atoms with van der Waals surface area (Å²) in [6.45, 7) is 3.21. The van der Waals surface area contributed by atoms with Crippen molar-refractivity contribution in [2.75, 3.05) is 20.8 Å². The average molecular weight is 692 g/mol. The first kappa shape index (κ1) is 35.8. The number of carbonyl (C=O) groups excluding carboxylic acids is 2. The molecule has 258 valence electrons. The molecule has 1 heterocycles. The number of hydrogen-bond donors (Lipinski definition) is 2. The molecule has 4 aromatic rings. The number of aryl methyl sites for hydroxylation is 1. The zero-order valence-electron chi connectivity index (χ0n) is 27.7. The van der Waals surface area contributed by atoms with E-state index in [0.717, 1.165) is 22.8 Å². The van der Waals surface area contributed by atoms with Gasteiger partial charge in [0.25, 0.3) is 0 Å². The Morgan fingerprint density at radius 2 is 1.41 bits per heavy atom. The van der Waals surface area contributed by atoms with Gasteiger partial charge < -0.3 is 28.4 Å². The molecule has 4 atom stereocenters. The summed E-state index contributed by atoms with van der Waals surface area (Å²) in [7, 11) is 3.18. The van der Waals surface area contributed by atoms with Gasteiger partial charge >= 0.3 is 5.97 Å². The number of esters is 1. The lowest BCUT2D eigenvalue weighted by molar-refractivity contribution is -0.157. The normalized spacial score (nSPS) is 18.9. The summed E-state index contributed by atoms with van der Waals surface area (Å²) in [5.41, 5.74) is 1.54. The summed E-state index contributed by atoms with van der Waals surface area (Å²) in [5.74, 6) is -1.78. The van der Waals surface area contributed by atoms with Crippen LogP contribution in [0.25, 0.3) is 0 Å². The molecule has 1 N–H and O–H groups in total. The predicted molar refractivity (Wildman–Crippen MR) is 182 cm³/mol. The maximum atomic E-state index is 15.3. The fraction of sp³-hybridized carbons (Fsp3) is 0.316. The first-order chi connectivity index (χ1) is 23.6. The van der Waals surface area contributed by atoms with E-state index in [0.29, 0.717) is 11.5 Å². The van der Waals surface area contributed by atoms with Crippen LogP contribution in [0.5, 0.6) is 11.5 Å². The van der Waals surface area contributed by atoms with E-state index in [9.17, 15) is 14.0 Å². The van der Waals surface area contributed by atoms with Crippen LogP contribution in [-0.2, 0) is 29.4 Å². The van der Waals surface area contributed by atoms with Crippen molar-refractivity contribution in [3.05, 3.63) is 130 Å². The van der Waals surface area contributed by atoms with Crippen LogP contribution in [0.15, 0.2) is 91.0 Å². The first-order valence-corrected chi connectivity index (χ1v) is 16.3. The molecule has 1 amide bonds. The fourth-order valence-corrected chi connectivity index (χ4v) is 6.35. The van der Waals surface area contributed by atoms with Gasteiger partial charge in [-0.1, -0.05) is 74.3 Å². The van der Waals surface area contributed by atoms with Crippen molar-refractivity contribution in [3.8, 4) is 11.5 Å². The lowest BCUT2D eigenvalue weighted by Gasteiger charge is -2.37. The molecule has 11 heteroatoms. The molecule has 5 rings (SSSR count). The SMILES string of the molecule is COc1ccc(C(OC[C@H]2O[C@@H](c3cc(C)c(F)cc3F)[C@@H](C)C2OC(=O)CCC(=O)NS)(c2ccccc2)c2ccc(OC)cc2)cc1. The average Bonchev–Trinajstić information content (AvgIpc) is 3.43. The number of amides is 1. The van der Waals surface area contributed by atoms with Crippen molar-refractivity contribution in [2.45, 2.75) is 50.6 Å². The van der Waals surface area contributed by atoms with E-state index in [1.807, 2.05) is 78.9 Å². The number of ether oxygens (including phenoxy) is 5. The minimum atomic E-state index is -1.21. The van der Waals surface area contributed by atoms with E-state index < -0.39 is 53.3 Å². The van der Waals surface area contributed by atoms with Gasteiger partial charge in [0.05, 0.1) is 33.4 Å². The van der Waals surface area contributed by atoms with Gasteiger partial charge in [-0.2, -0.15) is 0 Å². The Morgan fingerprint density at radius 1 is 0.837 bits per heavy atom. The summed E-state index contributed by atoms with van der Waals surface area (Å²) in [4.78, 5) is 24.8. The second-order valence-corrected chi connectivity index (χ2v) is 12.1. The first-order valence-electron chi connectivity index (χ1n) is 15.8. The van der Waals surface area contributed by atoms with E-state index in [1.165, 1.54) is 6.07 Å². The molecule has 1 unspecified atom stereocenters. The van der Waals surface area contributed by atoms with E-state index >= 15 is 4.39 Å². The largest absolute Gasteiger partial charge is 0.497 e. The number of thiol groups is 1. The fourth-order valence-electron chi connectivity index (χ4n) is 6.24. The minimum absolute atomic E-state index is 0.106. The van der Waals surface area contributed by atoms with Crippen molar-refractivity contribution in [2.24, 2.45) is 5.92 Å². The topological polar surface area (TPSA) is 92.3 Å². The van der Waals surface area contributed by atoms with Gasteiger partial charge in [-0.25, -0.2) is 8.78 Å². The Morgan fingerprint density at radius 3 is 1.96 bits per heavy atom. The second-order valence-electron chi connectivity index (χ2n) is 11.9. The second kappa shape index (κ2) is 15.8. The molecule has 0 aromatic heterocycles. The maximum absolute atomic E-state index is 15.3. The molecule has 0 radical (unpaired) electrons. The van der Waals surface area contributed by atoms with Crippen molar-refractivity contribution in [1.29, 1.82) is 0 Å². The zero-order chi connectivity index (χ0) is 35.1. The van der Waals surface area contributed by atoms with Crippen LogP contribution in [0.3, 0.4) is 0 Å². The summed E-state index contributed by atoms with van der Waals surface area (Å²) >= 11 is 3.74. The van der Waals surface area contributed by atoms with Crippen LogP contribution >= 0.6 is 12.8 Å². The zero-order valence-corrected chi connectivity index (χ0v) is 28.5. The lowest BCUT2D eigenvalue weighted by atomic mass is 9.80. The molecule has 1 saturated heterocycles. The Hall–Kier alpha value is -4.45. The maximum Gasteiger partial charge on any atom is 0.306 e. The van der Waals surface area contributed by atoms with Gasteiger partial charge in [0, 0.05) is 24.0 Å². The van der Waals surface area contributed by atoms with Crippen molar-refractivity contribution >= 4 is 24.7 Å². The molecule has 1 aliphatic rings. The molecule has 0 bridgehead atoms. The molecule has 0 spiro atoms. The molecule has 4 aromatic carbocycles. The number of halogens is 2. The smallest absolute Gasteiger partial charge is 0.306 e. The number of carbonyl (C=O) groups is 2. The standard InChI is InChI=1S/C38H39F2NO7S/c1-23-20-30(32(40)21-31(23)39)36-24(2)37(48-35(43)19-18-34(42)41-49)33(47-36)22-46-38(25-8-6-5-7-9-25,26-10-14-28(44-3)15-11-26)27-12-16-29(45-4)17-13-27/h5-17,20-21,24,33,36-37,49H,18-19,22H2,1-4H3,(H,41,42)/t24-,33-,36-,37?/m1/s1. The minimum Gasteiger partial charge on any atom is -0.497 e. The molecule has 0 aliphatic carbocycles. The van der Waals surface area contributed by atoms with Crippen molar-refractivity contribution < 1.29 is 42.1 Å². The quantitative estimate of drug-likeness (QED) is 0.0884. The highest BCUT2D eigenvalue weighted by molar-refractivity contribution is 7.78. The highest BCUT2D eigenvalue weighted by Crippen LogP contribution is 2.45. The van der Waals surface area contributed by atoms with Crippen LogP contribution < -0.4 is 14.2 Å². The van der Waals surface area contributed by atoms with Gasteiger partial charge in [0.15, 0.2) is 0 Å². The predicted octanol–water partition coefficient (Wildman–Crippen LogP) is 7.03. The number of nitrogens with one attached hydrogen (secondary N) is 1. The Labute approximate surface area is 290 Å². The summed E-state index contributed by atoms with van der Waals surface area (Å²) in [5, 5.41) is 0. The summed E-state index contributed by atoms with van der Waals surface area (Å²) in [6, 6.07) is 26.9. The molecular weight excluding hydrogens is 652 g/mol. The number of rotatable bonds is 13. The summed E-state index contributed by atoms with van der Waals surface area (Å²) < 4.78 is 62.0. The highest BCUT2D eigenvalue weighted by Gasteiger charge is 2.48. The molecule has 8 nitrogen and oxygen atoms in total. The molecule has 1 aliphatic heterocycles. The van der Waals surface area contributed by atoms with Crippen LogP contribution in [0.1, 0.15) is 53.7 Å². The molecule has 0 saturated carbocycles. The van der Waals surface area contributed by atoms with Gasteiger partial charge in [-0.3, -0.25) is 9.59 Å². The number of benzene rings is 4.